The topological polar surface area (TPSA) is 62.9 Å². The first-order valence-electron chi connectivity index (χ1n) is 9.30. The highest BCUT2D eigenvalue weighted by molar-refractivity contribution is 5.78. The fourth-order valence-electron chi connectivity index (χ4n) is 2.49. The number of nitrogens with zero attached hydrogens (tertiary/aromatic N) is 2. The highest BCUT2D eigenvalue weighted by Crippen LogP contribution is 2.18. The van der Waals surface area contributed by atoms with Crippen molar-refractivity contribution in [2.24, 2.45) is 16.6 Å². The Morgan fingerprint density at radius 3 is 2.60 bits per heavy atom. The molecule has 0 fully saturated rings. The van der Waals surface area contributed by atoms with Gasteiger partial charge in [-0.3, -0.25) is 0 Å². The van der Waals surface area contributed by atoms with Gasteiger partial charge in [-0.2, -0.15) is 0 Å². The van der Waals surface area contributed by atoms with Crippen LogP contribution in [-0.2, 0) is 6.54 Å². The van der Waals surface area contributed by atoms with Crippen LogP contribution in [0.1, 0.15) is 45.6 Å². The minimum atomic E-state index is 0.342. The number of para-hydroxylation sites is 1. The summed E-state index contributed by atoms with van der Waals surface area (Å²) in [6.45, 7) is 8.73. The van der Waals surface area contributed by atoms with Crippen molar-refractivity contribution < 1.29 is 4.74 Å². The Labute approximate surface area is 153 Å². The number of hydrogen-bond donors (Lipinski definition) is 2. The lowest BCUT2D eigenvalue weighted by Crippen LogP contribution is -2.38. The van der Waals surface area contributed by atoms with E-state index in [1.807, 2.05) is 38.4 Å². The summed E-state index contributed by atoms with van der Waals surface area (Å²) in [5.41, 5.74) is 7.09. The summed E-state index contributed by atoms with van der Waals surface area (Å²) < 4.78 is 5.86. The third kappa shape index (κ3) is 9.97. The summed E-state index contributed by atoms with van der Waals surface area (Å²) in [5.74, 6) is 2.13. The predicted octanol–water partition coefficient (Wildman–Crippen LogP) is 3.25. The van der Waals surface area contributed by atoms with Crippen LogP contribution >= 0.6 is 0 Å². The van der Waals surface area contributed by atoms with Crippen molar-refractivity contribution >= 4 is 5.96 Å². The third-order valence-electron chi connectivity index (χ3n) is 4.00. The Balaban J connectivity index is 2.48. The molecule has 25 heavy (non-hydrogen) atoms. The molecule has 5 heteroatoms. The van der Waals surface area contributed by atoms with E-state index >= 15 is 0 Å². The number of aliphatic imine (C=N–C) groups is 1. The van der Waals surface area contributed by atoms with Crippen molar-refractivity contribution in [2.75, 3.05) is 27.2 Å². The van der Waals surface area contributed by atoms with Crippen LogP contribution in [0.15, 0.2) is 29.3 Å². The van der Waals surface area contributed by atoms with Gasteiger partial charge in [0.15, 0.2) is 5.96 Å². The Bertz CT molecular complexity index is 514. The van der Waals surface area contributed by atoms with Crippen LogP contribution in [0.4, 0.5) is 0 Å². The summed E-state index contributed by atoms with van der Waals surface area (Å²) in [5, 5.41) is 3.28. The summed E-state index contributed by atoms with van der Waals surface area (Å²) >= 11 is 0. The minimum absolute atomic E-state index is 0.342. The van der Waals surface area contributed by atoms with Gasteiger partial charge in [-0.1, -0.05) is 44.9 Å². The zero-order chi connectivity index (χ0) is 18.7. The zero-order valence-corrected chi connectivity index (χ0v) is 16.6. The molecule has 1 aromatic carbocycles. The number of likely N-dealkylation sites (N-methyl/N-ethyl adjacent to an activating group) is 1. The van der Waals surface area contributed by atoms with Gasteiger partial charge in [-0.05, 0) is 39.4 Å². The maximum absolute atomic E-state index is 6.04. The van der Waals surface area contributed by atoms with Crippen molar-refractivity contribution in [1.29, 1.82) is 0 Å². The van der Waals surface area contributed by atoms with Gasteiger partial charge in [0, 0.05) is 18.2 Å². The normalized spacial score (nSPS) is 13.3. The molecule has 1 aromatic rings. The van der Waals surface area contributed by atoms with Crippen LogP contribution in [-0.4, -0.2) is 44.1 Å². The van der Waals surface area contributed by atoms with E-state index < -0.39 is 0 Å². The molecule has 0 saturated heterocycles. The molecule has 0 aliphatic heterocycles. The smallest absolute Gasteiger partial charge is 0.189 e. The molecule has 3 N–H and O–H groups in total. The lowest BCUT2D eigenvalue weighted by atomic mass is 10.0. The number of hydrogen-bond acceptors (Lipinski definition) is 3. The Morgan fingerprint density at radius 1 is 1.20 bits per heavy atom. The van der Waals surface area contributed by atoms with E-state index in [-0.39, 0.29) is 0 Å². The number of rotatable bonds is 11. The quantitative estimate of drug-likeness (QED) is 0.476. The highest BCUT2D eigenvalue weighted by atomic mass is 16.5. The second-order valence-corrected chi connectivity index (χ2v) is 7.33. The molecule has 0 amide bonds. The first-order valence-corrected chi connectivity index (χ1v) is 9.30. The SMILES string of the molecule is CC(C)CCCC(C)NC(N)=NCc1ccccc1OCCN(C)C. The Kier molecular flexibility index (Phi) is 10.0. The monoisotopic (exact) mass is 348 g/mol. The molecule has 0 radical (unpaired) electrons. The van der Waals surface area contributed by atoms with Crippen LogP contribution in [0.3, 0.4) is 0 Å². The molecule has 142 valence electrons. The molecule has 1 atom stereocenters. The van der Waals surface area contributed by atoms with Crippen molar-refractivity contribution in [3.8, 4) is 5.75 Å². The second kappa shape index (κ2) is 11.7. The van der Waals surface area contributed by atoms with E-state index in [0.717, 1.165) is 30.2 Å². The minimum Gasteiger partial charge on any atom is -0.492 e. The lowest BCUT2D eigenvalue weighted by molar-refractivity contribution is 0.259. The predicted molar refractivity (Wildman–Crippen MR) is 107 cm³/mol. The van der Waals surface area contributed by atoms with E-state index in [2.05, 4.69) is 36.0 Å². The third-order valence-corrected chi connectivity index (χ3v) is 4.00. The molecule has 0 heterocycles. The van der Waals surface area contributed by atoms with E-state index in [4.69, 9.17) is 10.5 Å². The van der Waals surface area contributed by atoms with Gasteiger partial charge in [0.05, 0.1) is 6.54 Å². The molecule has 0 aliphatic rings. The molecule has 1 unspecified atom stereocenters. The van der Waals surface area contributed by atoms with Crippen molar-refractivity contribution in [1.82, 2.24) is 10.2 Å². The number of guanidine groups is 1. The van der Waals surface area contributed by atoms with Crippen molar-refractivity contribution in [3.63, 3.8) is 0 Å². The number of ether oxygens (including phenoxy) is 1. The number of nitrogens with one attached hydrogen (secondary N) is 1. The summed E-state index contributed by atoms with van der Waals surface area (Å²) in [7, 11) is 4.07. The lowest BCUT2D eigenvalue weighted by Gasteiger charge is -2.16. The first-order chi connectivity index (χ1) is 11.9. The maximum Gasteiger partial charge on any atom is 0.189 e. The summed E-state index contributed by atoms with van der Waals surface area (Å²) in [4.78, 5) is 6.57. The van der Waals surface area contributed by atoms with E-state index in [1.54, 1.807) is 0 Å². The average Bonchev–Trinajstić information content (AvgIpc) is 2.53. The number of benzene rings is 1. The van der Waals surface area contributed by atoms with Gasteiger partial charge < -0.3 is 20.7 Å². The molecule has 0 bridgehead atoms. The van der Waals surface area contributed by atoms with Crippen LogP contribution in [0.5, 0.6) is 5.75 Å². The Hall–Kier alpha value is -1.75. The molecule has 0 saturated carbocycles. The fourth-order valence-corrected chi connectivity index (χ4v) is 2.49. The molecule has 0 spiro atoms. The highest BCUT2D eigenvalue weighted by Gasteiger charge is 2.06. The summed E-state index contributed by atoms with van der Waals surface area (Å²) in [6.07, 6.45) is 3.57. The molecule has 5 nitrogen and oxygen atoms in total. The van der Waals surface area contributed by atoms with E-state index in [9.17, 15) is 0 Å². The van der Waals surface area contributed by atoms with Crippen LogP contribution in [0.2, 0.25) is 0 Å². The zero-order valence-electron chi connectivity index (χ0n) is 16.6. The largest absolute Gasteiger partial charge is 0.492 e. The second-order valence-electron chi connectivity index (χ2n) is 7.33. The average molecular weight is 349 g/mol. The van der Waals surface area contributed by atoms with Gasteiger partial charge in [-0.25, -0.2) is 4.99 Å². The standard InChI is InChI=1S/C20H36N4O/c1-16(2)9-8-10-17(3)23-20(21)22-15-18-11-6-7-12-19(18)25-14-13-24(4)5/h6-7,11-12,16-17H,8-10,13-15H2,1-5H3,(H3,21,22,23). The summed E-state index contributed by atoms with van der Waals surface area (Å²) in [6, 6.07) is 8.35. The Morgan fingerprint density at radius 2 is 1.92 bits per heavy atom. The van der Waals surface area contributed by atoms with E-state index in [1.165, 1.54) is 12.8 Å². The molecule has 0 aromatic heterocycles. The van der Waals surface area contributed by atoms with Gasteiger partial charge in [0.2, 0.25) is 0 Å². The molecule has 0 aliphatic carbocycles. The van der Waals surface area contributed by atoms with Gasteiger partial charge >= 0.3 is 0 Å². The van der Waals surface area contributed by atoms with Crippen molar-refractivity contribution in [2.45, 2.75) is 52.6 Å². The fraction of sp³-hybridized carbons (Fsp3) is 0.650. The maximum atomic E-state index is 6.04. The molecular formula is C20H36N4O. The van der Waals surface area contributed by atoms with Crippen LogP contribution in [0.25, 0.3) is 0 Å². The van der Waals surface area contributed by atoms with Crippen molar-refractivity contribution in [3.05, 3.63) is 29.8 Å². The van der Waals surface area contributed by atoms with Crippen LogP contribution < -0.4 is 15.8 Å². The van der Waals surface area contributed by atoms with Gasteiger partial charge in [0.1, 0.15) is 12.4 Å². The number of nitrogens with two attached hydrogens (primary N) is 1. The van der Waals surface area contributed by atoms with Crippen LogP contribution in [0, 0.1) is 5.92 Å². The van der Waals surface area contributed by atoms with E-state index in [0.29, 0.717) is 25.2 Å². The first kappa shape index (κ1) is 21.3. The molecular weight excluding hydrogens is 312 g/mol. The van der Waals surface area contributed by atoms with Gasteiger partial charge in [0.25, 0.3) is 0 Å². The molecule has 1 rings (SSSR count). The van der Waals surface area contributed by atoms with Gasteiger partial charge in [-0.15, -0.1) is 0 Å².